The summed E-state index contributed by atoms with van der Waals surface area (Å²) in [5.74, 6) is 0.752. The van der Waals surface area contributed by atoms with Crippen LogP contribution in [-0.4, -0.2) is 40.2 Å². The Labute approximate surface area is 124 Å². The second-order valence-corrected chi connectivity index (χ2v) is 6.33. The van der Waals surface area contributed by atoms with E-state index in [2.05, 4.69) is 0 Å². The highest BCUT2D eigenvalue weighted by Gasteiger charge is 2.41. The lowest BCUT2D eigenvalue weighted by Crippen LogP contribution is -2.43. The van der Waals surface area contributed by atoms with Gasteiger partial charge in [-0.1, -0.05) is 0 Å². The van der Waals surface area contributed by atoms with Crippen LogP contribution in [0, 0.1) is 5.92 Å². The average molecular weight is 290 g/mol. The first-order valence-electron chi connectivity index (χ1n) is 7.68. The Hall–Kier alpha value is -1.78. The van der Waals surface area contributed by atoms with Crippen LogP contribution in [0.1, 0.15) is 38.9 Å². The third kappa shape index (κ3) is 2.96. The largest absolute Gasteiger partial charge is 0.467 e. The second kappa shape index (κ2) is 5.54. The van der Waals surface area contributed by atoms with E-state index in [9.17, 15) is 9.59 Å². The van der Waals surface area contributed by atoms with Gasteiger partial charge in [0.1, 0.15) is 5.76 Å². The molecule has 114 valence electrons. The topological polar surface area (TPSA) is 53.8 Å². The van der Waals surface area contributed by atoms with Gasteiger partial charge in [0.25, 0.3) is 0 Å². The molecule has 1 aliphatic heterocycles. The molecular weight excluding hydrogens is 268 g/mol. The van der Waals surface area contributed by atoms with Gasteiger partial charge in [0.2, 0.25) is 11.8 Å². The number of hydrogen-bond acceptors (Lipinski definition) is 3. The maximum atomic E-state index is 12.7. The van der Waals surface area contributed by atoms with Crippen molar-refractivity contribution in [2.45, 2.75) is 51.7 Å². The standard InChI is InChI=1S/C16H22N2O3/c1-11(2)18(13-5-6-13)16(20)12-8-15(19)17(9-12)10-14-4-3-7-21-14/h3-4,7,11-13H,5-6,8-10H2,1-2H3. The highest BCUT2D eigenvalue weighted by Crippen LogP contribution is 2.32. The number of carbonyl (C=O) groups is 2. The zero-order chi connectivity index (χ0) is 15.0. The van der Waals surface area contributed by atoms with Crippen LogP contribution < -0.4 is 0 Å². The number of carbonyl (C=O) groups excluding carboxylic acids is 2. The number of amides is 2. The first-order valence-corrected chi connectivity index (χ1v) is 7.68. The van der Waals surface area contributed by atoms with Crippen molar-refractivity contribution in [1.82, 2.24) is 9.80 Å². The monoisotopic (exact) mass is 290 g/mol. The van der Waals surface area contributed by atoms with Crippen LogP contribution in [0.3, 0.4) is 0 Å². The van der Waals surface area contributed by atoms with Crippen molar-refractivity contribution < 1.29 is 14.0 Å². The number of rotatable bonds is 5. The molecule has 2 heterocycles. The molecule has 2 fully saturated rings. The summed E-state index contributed by atoms with van der Waals surface area (Å²) in [5, 5.41) is 0. The molecule has 2 aliphatic rings. The first kappa shape index (κ1) is 14.2. The van der Waals surface area contributed by atoms with E-state index >= 15 is 0 Å². The summed E-state index contributed by atoms with van der Waals surface area (Å²) in [4.78, 5) is 28.5. The van der Waals surface area contributed by atoms with E-state index in [1.807, 2.05) is 30.9 Å². The van der Waals surface area contributed by atoms with Gasteiger partial charge in [-0.25, -0.2) is 0 Å². The molecule has 0 bridgehead atoms. The average Bonchev–Trinajstić information content (AvgIpc) is 2.98. The minimum atomic E-state index is -0.199. The van der Waals surface area contributed by atoms with Gasteiger partial charge >= 0.3 is 0 Å². The van der Waals surface area contributed by atoms with Crippen LogP contribution in [0.2, 0.25) is 0 Å². The summed E-state index contributed by atoms with van der Waals surface area (Å²) in [6.07, 6.45) is 4.13. The Balaban J connectivity index is 1.64. The van der Waals surface area contributed by atoms with E-state index in [4.69, 9.17) is 4.42 Å². The Bertz CT molecular complexity index is 518. The molecule has 1 saturated carbocycles. The van der Waals surface area contributed by atoms with Crippen molar-refractivity contribution in [1.29, 1.82) is 0 Å². The molecule has 1 unspecified atom stereocenters. The lowest BCUT2D eigenvalue weighted by molar-refractivity contribution is -0.138. The predicted molar refractivity (Wildman–Crippen MR) is 77.2 cm³/mol. The zero-order valence-corrected chi connectivity index (χ0v) is 12.6. The van der Waals surface area contributed by atoms with Gasteiger partial charge in [0.05, 0.1) is 18.7 Å². The molecule has 1 aromatic heterocycles. The second-order valence-electron chi connectivity index (χ2n) is 6.33. The summed E-state index contributed by atoms with van der Waals surface area (Å²) in [7, 11) is 0. The maximum absolute atomic E-state index is 12.7. The van der Waals surface area contributed by atoms with Crippen molar-refractivity contribution >= 4 is 11.8 Å². The van der Waals surface area contributed by atoms with Crippen molar-refractivity contribution in [2.24, 2.45) is 5.92 Å². The van der Waals surface area contributed by atoms with Crippen molar-refractivity contribution in [3.8, 4) is 0 Å². The molecule has 1 saturated heterocycles. The van der Waals surface area contributed by atoms with Gasteiger partial charge < -0.3 is 14.2 Å². The SMILES string of the molecule is CC(C)N(C(=O)C1CC(=O)N(Cc2ccco2)C1)C1CC1. The lowest BCUT2D eigenvalue weighted by Gasteiger charge is -2.29. The molecule has 1 atom stereocenters. The summed E-state index contributed by atoms with van der Waals surface area (Å²) in [6.45, 7) is 5.07. The van der Waals surface area contributed by atoms with Crippen LogP contribution in [-0.2, 0) is 16.1 Å². The zero-order valence-electron chi connectivity index (χ0n) is 12.6. The Kier molecular flexibility index (Phi) is 3.74. The van der Waals surface area contributed by atoms with E-state index < -0.39 is 0 Å². The molecular formula is C16H22N2O3. The number of likely N-dealkylation sites (tertiary alicyclic amines) is 1. The van der Waals surface area contributed by atoms with Crippen LogP contribution in [0.4, 0.5) is 0 Å². The third-order valence-corrected chi connectivity index (χ3v) is 4.24. The molecule has 5 heteroatoms. The van der Waals surface area contributed by atoms with Gasteiger partial charge in [-0.15, -0.1) is 0 Å². The Morgan fingerprint density at radius 1 is 1.48 bits per heavy atom. The lowest BCUT2D eigenvalue weighted by atomic mass is 10.1. The Morgan fingerprint density at radius 2 is 2.24 bits per heavy atom. The van der Waals surface area contributed by atoms with Gasteiger partial charge in [-0.05, 0) is 38.8 Å². The molecule has 0 spiro atoms. The van der Waals surface area contributed by atoms with Crippen molar-refractivity contribution in [2.75, 3.05) is 6.54 Å². The highest BCUT2D eigenvalue weighted by molar-refractivity contribution is 5.89. The number of furan rings is 1. The van der Waals surface area contributed by atoms with E-state index in [0.717, 1.165) is 18.6 Å². The fourth-order valence-corrected chi connectivity index (χ4v) is 3.10. The predicted octanol–water partition coefficient (Wildman–Crippen LogP) is 2.03. The van der Waals surface area contributed by atoms with Gasteiger partial charge in [-0.2, -0.15) is 0 Å². The van der Waals surface area contributed by atoms with Crippen LogP contribution in [0.15, 0.2) is 22.8 Å². The summed E-state index contributed by atoms with van der Waals surface area (Å²) in [6, 6.07) is 4.27. The summed E-state index contributed by atoms with van der Waals surface area (Å²) >= 11 is 0. The minimum Gasteiger partial charge on any atom is -0.467 e. The van der Waals surface area contributed by atoms with E-state index in [1.54, 1.807) is 11.2 Å². The highest BCUT2D eigenvalue weighted by atomic mass is 16.3. The van der Waals surface area contributed by atoms with Gasteiger partial charge in [0.15, 0.2) is 0 Å². The molecule has 3 rings (SSSR count). The molecule has 0 radical (unpaired) electrons. The summed E-state index contributed by atoms with van der Waals surface area (Å²) < 4.78 is 5.28. The molecule has 1 aliphatic carbocycles. The van der Waals surface area contributed by atoms with E-state index in [-0.39, 0.29) is 23.8 Å². The molecule has 0 N–H and O–H groups in total. The smallest absolute Gasteiger partial charge is 0.228 e. The van der Waals surface area contributed by atoms with Crippen LogP contribution >= 0.6 is 0 Å². The molecule has 0 aromatic carbocycles. The van der Waals surface area contributed by atoms with E-state index in [0.29, 0.717) is 25.6 Å². The normalized spacial score (nSPS) is 22.1. The van der Waals surface area contributed by atoms with Crippen molar-refractivity contribution in [3.63, 3.8) is 0 Å². The minimum absolute atomic E-state index is 0.0456. The molecule has 5 nitrogen and oxygen atoms in total. The third-order valence-electron chi connectivity index (χ3n) is 4.24. The fraction of sp³-hybridized carbons (Fsp3) is 0.625. The van der Waals surface area contributed by atoms with Crippen LogP contribution in [0.5, 0.6) is 0 Å². The Morgan fingerprint density at radius 3 is 2.81 bits per heavy atom. The van der Waals surface area contributed by atoms with E-state index in [1.165, 1.54) is 0 Å². The molecule has 1 aromatic rings. The number of nitrogens with zero attached hydrogens (tertiary/aromatic N) is 2. The fourth-order valence-electron chi connectivity index (χ4n) is 3.10. The van der Waals surface area contributed by atoms with Gasteiger partial charge in [-0.3, -0.25) is 9.59 Å². The first-order chi connectivity index (χ1) is 10.1. The number of hydrogen-bond donors (Lipinski definition) is 0. The maximum Gasteiger partial charge on any atom is 0.228 e. The molecule has 21 heavy (non-hydrogen) atoms. The summed E-state index contributed by atoms with van der Waals surface area (Å²) in [5.41, 5.74) is 0. The van der Waals surface area contributed by atoms with Crippen LogP contribution in [0.25, 0.3) is 0 Å². The van der Waals surface area contributed by atoms with Crippen molar-refractivity contribution in [3.05, 3.63) is 24.2 Å². The molecule has 2 amide bonds. The quantitative estimate of drug-likeness (QED) is 0.833. The van der Waals surface area contributed by atoms with Gasteiger partial charge in [0, 0.05) is 25.0 Å².